The summed E-state index contributed by atoms with van der Waals surface area (Å²) in [5.41, 5.74) is 0.957. The van der Waals surface area contributed by atoms with Crippen molar-refractivity contribution >= 4 is 17.5 Å². The van der Waals surface area contributed by atoms with E-state index in [4.69, 9.17) is 11.6 Å². The third kappa shape index (κ3) is 3.72. The van der Waals surface area contributed by atoms with Gasteiger partial charge in [-0.05, 0) is 42.7 Å². The van der Waals surface area contributed by atoms with Crippen molar-refractivity contribution in [3.63, 3.8) is 0 Å². The highest BCUT2D eigenvalue weighted by Gasteiger charge is 2.28. The van der Waals surface area contributed by atoms with Gasteiger partial charge in [0.25, 0.3) is 5.91 Å². The van der Waals surface area contributed by atoms with Crippen LogP contribution in [0, 0.1) is 11.3 Å². The molecule has 0 bridgehead atoms. The summed E-state index contributed by atoms with van der Waals surface area (Å²) in [7, 11) is 0. The molecule has 1 aliphatic rings. The lowest BCUT2D eigenvalue weighted by Crippen LogP contribution is -2.32. The standard InChI is InChI=1S/C16H23ClN2O/c1-16(2,3)13-5-4-9-19(10-7-13)15(20)12-6-8-18-14(17)11-12/h6,8,11,13H,4-5,7,9-10H2,1-3H3. The smallest absolute Gasteiger partial charge is 0.254 e. The minimum absolute atomic E-state index is 0.0730. The predicted molar refractivity (Wildman–Crippen MR) is 81.9 cm³/mol. The van der Waals surface area contributed by atoms with Gasteiger partial charge < -0.3 is 4.90 Å². The zero-order chi connectivity index (χ0) is 14.8. The van der Waals surface area contributed by atoms with Crippen LogP contribution >= 0.6 is 11.6 Å². The molecule has 2 heterocycles. The Morgan fingerprint density at radius 2 is 2.10 bits per heavy atom. The maximum absolute atomic E-state index is 12.5. The fraction of sp³-hybridized carbons (Fsp3) is 0.625. The summed E-state index contributed by atoms with van der Waals surface area (Å²) >= 11 is 5.86. The Labute approximate surface area is 126 Å². The van der Waals surface area contributed by atoms with E-state index in [0.29, 0.717) is 22.0 Å². The molecule has 0 saturated carbocycles. The van der Waals surface area contributed by atoms with Crippen LogP contribution < -0.4 is 0 Å². The van der Waals surface area contributed by atoms with E-state index in [1.807, 2.05) is 4.90 Å². The molecule has 0 radical (unpaired) electrons. The molecule has 1 aromatic rings. The largest absolute Gasteiger partial charge is 0.339 e. The molecule has 1 aromatic heterocycles. The lowest BCUT2D eigenvalue weighted by atomic mass is 9.77. The molecule has 1 atom stereocenters. The van der Waals surface area contributed by atoms with Gasteiger partial charge in [-0.3, -0.25) is 4.79 Å². The van der Waals surface area contributed by atoms with Crippen molar-refractivity contribution in [3.8, 4) is 0 Å². The molecule has 0 spiro atoms. The summed E-state index contributed by atoms with van der Waals surface area (Å²) in [4.78, 5) is 18.4. The first-order valence-electron chi connectivity index (χ1n) is 7.29. The quantitative estimate of drug-likeness (QED) is 0.733. The summed E-state index contributed by atoms with van der Waals surface area (Å²) in [5.74, 6) is 0.755. The first-order valence-corrected chi connectivity index (χ1v) is 7.66. The third-order valence-electron chi connectivity index (χ3n) is 4.21. The van der Waals surface area contributed by atoms with Crippen molar-refractivity contribution in [2.24, 2.45) is 11.3 Å². The summed E-state index contributed by atoms with van der Waals surface area (Å²) in [5, 5.41) is 0.373. The molecule has 1 aliphatic heterocycles. The number of aromatic nitrogens is 1. The van der Waals surface area contributed by atoms with E-state index < -0.39 is 0 Å². The van der Waals surface area contributed by atoms with E-state index in [1.165, 1.54) is 6.42 Å². The average Bonchev–Trinajstić information content (AvgIpc) is 2.63. The molecule has 0 N–H and O–H groups in total. The minimum atomic E-state index is 0.0730. The van der Waals surface area contributed by atoms with Crippen molar-refractivity contribution in [2.75, 3.05) is 13.1 Å². The van der Waals surface area contributed by atoms with Gasteiger partial charge in [-0.25, -0.2) is 4.98 Å². The zero-order valence-electron chi connectivity index (χ0n) is 12.5. The monoisotopic (exact) mass is 294 g/mol. The van der Waals surface area contributed by atoms with Crippen molar-refractivity contribution in [2.45, 2.75) is 40.0 Å². The molecule has 3 nitrogen and oxygen atoms in total. The molecular formula is C16H23ClN2O. The van der Waals surface area contributed by atoms with Crippen molar-refractivity contribution in [3.05, 3.63) is 29.0 Å². The lowest BCUT2D eigenvalue weighted by molar-refractivity contribution is 0.0755. The van der Waals surface area contributed by atoms with Crippen LogP contribution in [0.5, 0.6) is 0 Å². The number of carbonyl (C=O) groups is 1. The summed E-state index contributed by atoms with van der Waals surface area (Å²) in [6.07, 6.45) is 4.94. The number of likely N-dealkylation sites (tertiary alicyclic amines) is 1. The molecule has 0 aliphatic carbocycles. The fourth-order valence-corrected chi connectivity index (χ4v) is 3.06. The highest BCUT2D eigenvalue weighted by Crippen LogP contribution is 2.34. The molecule has 1 fully saturated rings. The first kappa shape index (κ1) is 15.3. The van der Waals surface area contributed by atoms with Crippen LogP contribution in [0.15, 0.2) is 18.3 Å². The molecule has 0 aromatic carbocycles. The molecular weight excluding hydrogens is 272 g/mol. The van der Waals surface area contributed by atoms with Gasteiger partial charge in [0, 0.05) is 24.8 Å². The van der Waals surface area contributed by atoms with Gasteiger partial charge in [-0.2, -0.15) is 0 Å². The normalized spacial score (nSPS) is 20.6. The molecule has 4 heteroatoms. The molecule has 1 amide bonds. The Bertz CT molecular complexity index is 482. The topological polar surface area (TPSA) is 33.2 Å². The summed E-state index contributed by atoms with van der Waals surface area (Å²) < 4.78 is 0. The van der Waals surface area contributed by atoms with Crippen molar-refractivity contribution in [1.82, 2.24) is 9.88 Å². The second kappa shape index (κ2) is 6.13. The third-order valence-corrected chi connectivity index (χ3v) is 4.42. The Kier molecular flexibility index (Phi) is 4.69. The average molecular weight is 295 g/mol. The molecule has 1 unspecified atom stereocenters. The number of carbonyl (C=O) groups excluding carboxylic acids is 1. The maximum atomic E-state index is 12.5. The van der Waals surface area contributed by atoms with Gasteiger partial charge in [-0.1, -0.05) is 32.4 Å². The van der Waals surface area contributed by atoms with E-state index in [-0.39, 0.29) is 5.91 Å². The summed E-state index contributed by atoms with van der Waals surface area (Å²) in [6, 6.07) is 3.39. The van der Waals surface area contributed by atoms with Crippen molar-refractivity contribution < 1.29 is 4.79 Å². The van der Waals surface area contributed by atoms with Crippen LogP contribution in [-0.2, 0) is 0 Å². The van der Waals surface area contributed by atoms with Crippen LogP contribution in [0.3, 0.4) is 0 Å². The van der Waals surface area contributed by atoms with Gasteiger partial charge in [0.05, 0.1) is 0 Å². The number of rotatable bonds is 1. The maximum Gasteiger partial charge on any atom is 0.254 e. The second-order valence-corrected chi connectivity index (χ2v) is 7.04. The van der Waals surface area contributed by atoms with Crippen LogP contribution in [0.1, 0.15) is 50.4 Å². The number of nitrogens with zero attached hydrogens (tertiary/aromatic N) is 2. The van der Waals surface area contributed by atoms with Crippen LogP contribution in [0.4, 0.5) is 0 Å². The highest BCUT2D eigenvalue weighted by molar-refractivity contribution is 6.29. The number of amides is 1. The van der Waals surface area contributed by atoms with E-state index in [1.54, 1.807) is 18.3 Å². The van der Waals surface area contributed by atoms with E-state index in [9.17, 15) is 4.79 Å². The van der Waals surface area contributed by atoms with Gasteiger partial charge in [-0.15, -0.1) is 0 Å². The van der Waals surface area contributed by atoms with Crippen LogP contribution in [0.2, 0.25) is 5.15 Å². The number of pyridine rings is 1. The lowest BCUT2D eigenvalue weighted by Gasteiger charge is -2.29. The van der Waals surface area contributed by atoms with E-state index >= 15 is 0 Å². The van der Waals surface area contributed by atoms with Crippen LogP contribution in [-0.4, -0.2) is 28.9 Å². The fourth-order valence-electron chi connectivity index (χ4n) is 2.88. The molecule has 20 heavy (non-hydrogen) atoms. The zero-order valence-corrected chi connectivity index (χ0v) is 13.3. The second-order valence-electron chi connectivity index (χ2n) is 6.65. The van der Waals surface area contributed by atoms with Gasteiger partial charge in [0.2, 0.25) is 0 Å². The van der Waals surface area contributed by atoms with Gasteiger partial charge in [0.15, 0.2) is 0 Å². The highest BCUT2D eigenvalue weighted by atomic mass is 35.5. The SMILES string of the molecule is CC(C)(C)C1CCCN(C(=O)c2ccnc(Cl)c2)CC1. The number of hydrogen-bond acceptors (Lipinski definition) is 2. The van der Waals surface area contributed by atoms with Gasteiger partial charge in [0.1, 0.15) is 5.15 Å². The number of hydrogen-bond donors (Lipinski definition) is 0. The Morgan fingerprint density at radius 3 is 2.75 bits per heavy atom. The Balaban J connectivity index is 2.05. The van der Waals surface area contributed by atoms with Crippen molar-refractivity contribution in [1.29, 1.82) is 0 Å². The Morgan fingerprint density at radius 1 is 1.35 bits per heavy atom. The van der Waals surface area contributed by atoms with E-state index in [0.717, 1.165) is 25.9 Å². The van der Waals surface area contributed by atoms with Crippen LogP contribution in [0.25, 0.3) is 0 Å². The van der Waals surface area contributed by atoms with E-state index in [2.05, 4.69) is 25.8 Å². The first-order chi connectivity index (χ1) is 9.38. The predicted octanol–water partition coefficient (Wildman–Crippen LogP) is 4.02. The Hall–Kier alpha value is -1.09. The molecule has 110 valence electrons. The minimum Gasteiger partial charge on any atom is -0.339 e. The molecule has 1 saturated heterocycles. The molecule has 2 rings (SSSR count). The number of halogens is 1. The van der Waals surface area contributed by atoms with Gasteiger partial charge >= 0.3 is 0 Å². The summed E-state index contributed by atoms with van der Waals surface area (Å²) in [6.45, 7) is 8.54.